The van der Waals surface area contributed by atoms with Gasteiger partial charge < -0.3 is 0 Å². The molecule has 44 heavy (non-hydrogen) atoms. The van der Waals surface area contributed by atoms with Gasteiger partial charge in [0.05, 0.1) is 0 Å². The highest BCUT2D eigenvalue weighted by atomic mass is 16.1. The first-order valence-electron chi connectivity index (χ1n) is 19.0. The van der Waals surface area contributed by atoms with Crippen LogP contribution in [0.5, 0.6) is 0 Å². The standard InChI is InChI=1S/C43H70O/c1-3-5-7-9-11-13-15-17-19-21-23-25-27-29-31-33-36-41-37-35-38-42(40-44)43(41)39-34-32-30-28-26-24-22-20-18-16-14-12-10-8-6-4-2/h11-14,17-20,35,37-38,40H,3-10,15-16,21-34,36,39H2,1-2H3. The van der Waals surface area contributed by atoms with Gasteiger partial charge in [-0.25, -0.2) is 0 Å². The number of hydrogen-bond acceptors (Lipinski definition) is 1. The predicted molar refractivity (Wildman–Crippen MR) is 198 cm³/mol. The molecule has 0 aromatic heterocycles. The molecule has 0 saturated heterocycles. The van der Waals surface area contributed by atoms with Gasteiger partial charge in [-0.3, -0.25) is 4.79 Å². The van der Waals surface area contributed by atoms with Gasteiger partial charge in [0.2, 0.25) is 0 Å². The molecule has 0 aliphatic carbocycles. The van der Waals surface area contributed by atoms with Crippen LogP contribution in [-0.2, 0) is 12.8 Å². The van der Waals surface area contributed by atoms with Crippen molar-refractivity contribution in [2.75, 3.05) is 0 Å². The summed E-state index contributed by atoms with van der Waals surface area (Å²) in [4.78, 5) is 11.8. The van der Waals surface area contributed by atoms with Crippen molar-refractivity contribution < 1.29 is 4.79 Å². The van der Waals surface area contributed by atoms with Gasteiger partial charge >= 0.3 is 0 Å². The Morgan fingerprint density at radius 3 is 1.32 bits per heavy atom. The summed E-state index contributed by atoms with van der Waals surface area (Å²) in [5, 5.41) is 0. The fraction of sp³-hybridized carbons (Fsp3) is 0.651. The van der Waals surface area contributed by atoms with E-state index in [2.05, 4.69) is 74.6 Å². The fourth-order valence-corrected chi connectivity index (χ4v) is 5.90. The molecule has 0 fully saturated rings. The largest absolute Gasteiger partial charge is 0.298 e. The van der Waals surface area contributed by atoms with E-state index in [1.54, 1.807) is 0 Å². The summed E-state index contributed by atoms with van der Waals surface area (Å²) >= 11 is 0. The lowest BCUT2D eigenvalue weighted by molar-refractivity contribution is 0.112. The minimum absolute atomic E-state index is 0.921. The van der Waals surface area contributed by atoms with Crippen LogP contribution in [-0.4, -0.2) is 6.29 Å². The van der Waals surface area contributed by atoms with Crippen molar-refractivity contribution in [2.45, 2.75) is 181 Å². The molecular formula is C43H70O. The van der Waals surface area contributed by atoms with Crippen LogP contribution >= 0.6 is 0 Å². The number of carbonyl (C=O) groups is 1. The number of unbranched alkanes of at least 4 members (excludes halogenated alkanes) is 18. The number of carbonyl (C=O) groups excluding carboxylic acids is 1. The normalized spacial score (nSPS) is 12.1. The SMILES string of the molecule is CCCCCC=CCC=CCCCCCCCCc1cccc(C=O)c1CCCCCCCCC=CCC=CCCCCC. The lowest BCUT2D eigenvalue weighted by Gasteiger charge is -2.12. The summed E-state index contributed by atoms with van der Waals surface area (Å²) in [6, 6.07) is 6.36. The number of rotatable bonds is 31. The minimum atomic E-state index is 0.921. The number of aryl methyl sites for hydroxylation is 1. The van der Waals surface area contributed by atoms with Crippen LogP contribution < -0.4 is 0 Å². The van der Waals surface area contributed by atoms with Gasteiger partial charge in [0, 0.05) is 5.56 Å². The molecule has 0 radical (unpaired) electrons. The molecule has 0 amide bonds. The molecule has 1 aromatic rings. The van der Waals surface area contributed by atoms with E-state index < -0.39 is 0 Å². The lowest BCUT2D eigenvalue weighted by atomic mass is 9.93. The van der Waals surface area contributed by atoms with Crippen LogP contribution in [0.15, 0.2) is 66.8 Å². The Balaban J connectivity index is 2.10. The third kappa shape index (κ3) is 24.2. The summed E-state index contributed by atoms with van der Waals surface area (Å²) in [5.74, 6) is 0. The van der Waals surface area contributed by atoms with Crippen molar-refractivity contribution >= 4 is 6.29 Å². The van der Waals surface area contributed by atoms with Crippen LogP contribution in [0.1, 0.15) is 189 Å². The average molecular weight is 603 g/mol. The molecular weight excluding hydrogens is 532 g/mol. The zero-order valence-corrected chi connectivity index (χ0v) is 29.2. The Hall–Kier alpha value is -2.15. The van der Waals surface area contributed by atoms with Gasteiger partial charge in [0.15, 0.2) is 0 Å². The van der Waals surface area contributed by atoms with Gasteiger partial charge in [0.25, 0.3) is 0 Å². The molecule has 248 valence electrons. The number of allylic oxidation sites excluding steroid dienone is 8. The average Bonchev–Trinajstić information content (AvgIpc) is 3.04. The summed E-state index contributed by atoms with van der Waals surface area (Å²) in [7, 11) is 0. The van der Waals surface area contributed by atoms with E-state index in [1.807, 2.05) is 6.07 Å². The number of aldehydes is 1. The molecule has 0 unspecified atom stereocenters. The van der Waals surface area contributed by atoms with Crippen molar-refractivity contribution in [3.8, 4) is 0 Å². The molecule has 0 spiro atoms. The monoisotopic (exact) mass is 603 g/mol. The third-order valence-corrected chi connectivity index (χ3v) is 8.71. The second-order valence-electron chi connectivity index (χ2n) is 12.8. The minimum Gasteiger partial charge on any atom is -0.298 e. The van der Waals surface area contributed by atoms with Crippen molar-refractivity contribution in [3.05, 3.63) is 83.5 Å². The summed E-state index contributed by atoms with van der Waals surface area (Å²) in [5.41, 5.74) is 3.67. The molecule has 0 bridgehead atoms. The zero-order chi connectivity index (χ0) is 31.6. The first-order chi connectivity index (χ1) is 21.8. The second kappa shape index (κ2) is 32.2. The highest BCUT2D eigenvalue weighted by Crippen LogP contribution is 2.21. The molecule has 1 rings (SSSR count). The summed E-state index contributed by atoms with van der Waals surface area (Å²) < 4.78 is 0. The highest BCUT2D eigenvalue weighted by molar-refractivity contribution is 5.78. The van der Waals surface area contributed by atoms with Gasteiger partial charge in [-0.1, -0.05) is 158 Å². The van der Waals surface area contributed by atoms with E-state index >= 15 is 0 Å². The molecule has 0 N–H and O–H groups in total. The molecule has 0 atom stereocenters. The first-order valence-corrected chi connectivity index (χ1v) is 19.0. The quantitative estimate of drug-likeness (QED) is 0.0469. The van der Waals surface area contributed by atoms with E-state index in [1.165, 1.54) is 152 Å². The van der Waals surface area contributed by atoms with Crippen molar-refractivity contribution in [2.24, 2.45) is 0 Å². The molecule has 0 heterocycles. The Morgan fingerprint density at radius 1 is 0.455 bits per heavy atom. The van der Waals surface area contributed by atoms with Crippen LogP contribution in [0.2, 0.25) is 0 Å². The van der Waals surface area contributed by atoms with E-state index in [-0.39, 0.29) is 0 Å². The van der Waals surface area contributed by atoms with Gasteiger partial charge in [-0.2, -0.15) is 0 Å². The topological polar surface area (TPSA) is 17.1 Å². The molecule has 0 aliphatic heterocycles. The van der Waals surface area contributed by atoms with Crippen LogP contribution in [0, 0.1) is 0 Å². The second-order valence-corrected chi connectivity index (χ2v) is 12.8. The molecule has 0 aliphatic rings. The van der Waals surface area contributed by atoms with Crippen LogP contribution in [0.25, 0.3) is 0 Å². The smallest absolute Gasteiger partial charge is 0.150 e. The third-order valence-electron chi connectivity index (χ3n) is 8.71. The van der Waals surface area contributed by atoms with Crippen LogP contribution in [0.3, 0.4) is 0 Å². The van der Waals surface area contributed by atoms with Crippen molar-refractivity contribution in [1.29, 1.82) is 0 Å². The van der Waals surface area contributed by atoms with E-state index in [4.69, 9.17) is 0 Å². The molecule has 0 saturated carbocycles. The van der Waals surface area contributed by atoms with Gasteiger partial charge in [-0.15, -0.1) is 0 Å². The van der Waals surface area contributed by atoms with Crippen LogP contribution in [0.4, 0.5) is 0 Å². The Kier molecular flexibility index (Phi) is 29.2. The van der Waals surface area contributed by atoms with E-state index in [0.717, 1.165) is 37.5 Å². The van der Waals surface area contributed by atoms with E-state index in [0.29, 0.717) is 0 Å². The number of benzene rings is 1. The van der Waals surface area contributed by atoms with Gasteiger partial charge in [0.1, 0.15) is 6.29 Å². The predicted octanol–water partition coefficient (Wildman–Crippen LogP) is 14.2. The maximum Gasteiger partial charge on any atom is 0.150 e. The first kappa shape index (κ1) is 39.9. The molecule has 1 aromatic carbocycles. The Labute approximate surface area is 274 Å². The van der Waals surface area contributed by atoms with Crippen molar-refractivity contribution in [1.82, 2.24) is 0 Å². The Morgan fingerprint density at radius 2 is 0.864 bits per heavy atom. The molecule has 1 nitrogen and oxygen atoms in total. The lowest BCUT2D eigenvalue weighted by Crippen LogP contribution is -2.01. The number of hydrogen-bond donors (Lipinski definition) is 0. The Bertz CT molecular complexity index is 886. The summed E-state index contributed by atoms with van der Waals surface area (Å²) in [6.07, 6.45) is 52.7. The van der Waals surface area contributed by atoms with E-state index in [9.17, 15) is 4.79 Å². The zero-order valence-electron chi connectivity index (χ0n) is 29.2. The molecule has 1 heteroatoms. The van der Waals surface area contributed by atoms with Crippen molar-refractivity contribution in [3.63, 3.8) is 0 Å². The maximum absolute atomic E-state index is 11.8. The fourth-order valence-electron chi connectivity index (χ4n) is 5.90. The highest BCUT2D eigenvalue weighted by Gasteiger charge is 2.08. The maximum atomic E-state index is 11.8. The summed E-state index contributed by atoms with van der Waals surface area (Å²) in [6.45, 7) is 4.52. The van der Waals surface area contributed by atoms with Gasteiger partial charge in [-0.05, 0) is 101 Å².